The van der Waals surface area contributed by atoms with Crippen molar-refractivity contribution in [3.63, 3.8) is 0 Å². The minimum Gasteiger partial charge on any atom is -0.419 e. The molecule has 0 aliphatic rings. The lowest BCUT2D eigenvalue weighted by Crippen LogP contribution is -2.00. The number of anilines is 1. The summed E-state index contributed by atoms with van der Waals surface area (Å²) in [6.07, 6.45) is 0. The Hall–Kier alpha value is -1.75. The highest BCUT2D eigenvalue weighted by Gasteiger charge is 2.12. The van der Waals surface area contributed by atoms with Crippen LogP contribution in [0.1, 0.15) is 5.89 Å². The number of aromatic nitrogens is 2. The predicted octanol–water partition coefficient (Wildman–Crippen LogP) is 5.31. The number of hydrogen-bond acceptors (Lipinski definition) is 4. The largest absolute Gasteiger partial charge is 0.419 e. The third-order valence-electron chi connectivity index (χ3n) is 2.95. The number of benzene rings is 2. The molecule has 3 aromatic rings. The second-order valence-corrected chi connectivity index (χ2v) is 5.65. The maximum atomic E-state index is 6.10. The van der Waals surface area contributed by atoms with Gasteiger partial charge in [-0.3, -0.25) is 0 Å². The summed E-state index contributed by atoms with van der Waals surface area (Å²) in [5.74, 6) is 0.776. The minimum atomic E-state index is 0.306. The average Bonchev–Trinajstić information content (AvgIpc) is 2.96. The molecule has 0 radical (unpaired) electrons. The molecular formula is C15H10Cl3N3O. The van der Waals surface area contributed by atoms with Gasteiger partial charge in [0.05, 0.1) is 32.9 Å². The van der Waals surface area contributed by atoms with Crippen LogP contribution in [-0.2, 0) is 6.54 Å². The zero-order valence-corrected chi connectivity index (χ0v) is 13.5. The van der Waals surface area contributed by atoms with Gasteiger partial charge >= 0.3 is 0 Å². The molecule has 1 heterocycles. The highest BCUT2D eigenvalue weighted by molar-refractivity contribution is 6.39. The van der Waals surface area contributed by atoms with Crippen LogP contribution in [0, 0.1) is 0 Å². The second-order valence-electron chi connectivity index (χ2n) is 4.43. The Labute approximate surface area is 142 Å². The smallest absolute Gasteiger partial charge is 0.249 e. The normalized spacial score (nSPS) is 10.7. The average molecular weight is 355 g/mol. The third-order valence-corrected chi connectivity index (χ3v) is 3.91. The number of halogens is 3. The van der Waals surface area contributed by atoms with Gasteiger partial charge in [-0.1, -0.05) is 53.0 Å². The molecule has 2 aromatic carbocycles. The summed E-state index contributed by atoms with van der Waals surface area (Å²) in [5, 5.41) is 12.7. The first-order chi connectivity index (χ1) is 10.6. The Morgan fingerprint density at radius 3 is 2.27 bits per heavy atom. The molecule has 3 rings (SSSR count). The van der Waals surface area contributed by atoms with Crippen LogP contribution < -0.4 is 5.32 Å². The lowest BCUT2D eigenvalue weighted by atomic mass is 10.2. The van der Waals surface area contributed by atoms with Gasteiger partial charge in [-0.2, -0.15) is 0 Å². The van der Waals surface area contributed by atoms with Crippen molar-refractivity contribution >= 4 is 40.5 Å². The lowest BCUT2D eigenvalue weighted by Gasteiger charge is -2.07. The van der Waals surface area contributed by atoms with Crippen molar-refractivity contribution in [2.24, 2.45) is 0 Å². The van der Waals surface area contributed by atoms with Gasteiger partial charge < -0.3 is 9.73 Å². The molecule has 1 aromatic heterocycles. The van der Waals surface area contributed by atoms with Gasteiger partial charge in [0.2, 0.25) is 11.8 Å². The molecule has 4 nitrogen and oxygen atoms in total. The number of para-hydroxylation sites is 1. The van der Waals surface area contributed by atoms with Crippen LogP contribution in [0.15, 0.2) is 46.9 Å². The van der Waals surface area contributed by atoms with Gasteiger partial charge in [0, 0.05) is 0 Å². The van der Waals surface area contributed by atoms with Gasteiger partial charge in [0.25, 0.3) is 0 Å². The Bertz CT molecular complexity index is 784. The van der Waals surface area contributed by atoms with E-state index in [1.54, 1.807) is 24.3 Å². The van der Waals surface area contributed by atoms with Crippen LogP contribution in [0.4, 0.5) is 5.69 Å². The molecule has 0 fully saturated rings. The fourth-order valence-corrected chi connectivity index (χ4v) is 2.65. The molecule has 0 aliphatic carbocycles. The summed E-state index contributed by atoms with van der Waals surface area (Å²) in [6, 6.07) is 12.5. The van der Waals surface area contributed by atoms with E-state index in [2.05, 4.69) is 15.5 Å². The number of nitrogens with zero attached hydrogens (tertiary/aromatic N) is 2. The molecule has 1 N–H and O–H groups in total. The second kappa shape index (κ2) is 6.57. The monoisotopic (exact) mass is 353 g/mol. The van der Waals surface area contributed by atoms with Gasteiger partial charge in [0.15, 0.2) is 0 Å². The van der Waals surface area contributed by atoms with Gasteiger partial charge in [-0.25, -0.2) is 0 Å². The molecule has 0 bridgehead atoms. The number of nitrogens with one attached hydrogen (secondary N) is 1. The van der Waals surface area contributed by atoms with Crippen molar-refractivity contribution in [2.75, 3.05) is 5.32 Å². The van der Waals surface area contributed by atoms with Crippen molar-refractivity contribution < 1.29 is 4.42 Å². The molecule has 0 atom stereocenters. The molecule has 0 spiro atoms. The summed E-state index contributed by atoms with van der Waals surface area (Å²) in [4.78, 5) is 0. The summed E-state index contributed by atoms with van der Waals surface area (Å²) in [5.41, 5.74) is 1.32. The van der Waals surface area contributed by atoms with E-state index in [0.29, 0.717) is 44.6 Å². The standard InChI is InChI=1S/C15H10Cl3N3O/c16-10-5-2-1-4-9(10)15-21-20-13(22-15)8-19-14-11(17)6-3-7-12(14)18/h1-7,19H,8H2. The van der Waals surface area contributed by atoms with Crippen LogP contribution >= 0.6 is 34.8 Å². The molecular weight excluding hydrogens is 345 g/mol. The Morgan fingerprint density at radius 1 is 0.864 bits per heavy atom. The van der Waals surface area contributed by atoms with E-state index in [0.717, 1.165) is 0 Å². The Balaban J connectivity index is 1.77. The van der Waals surface area contributed by atoms with Crippen LogP contribution in [-0.4, -0.2) is 10.2 Å². The van der Waals surface area contributed by atoms with Crippen LogP contribution in [0.3, 0.4) is 0 Å². The first-order valence-electron chi connectivity index (χ1n) is 6.40. The van der Waals surface area contributed by atoms with Crippen molar-refractivity contribution in [2.45, 2.75) is 6.54 Å². The summed E-state index contributed by atoms with van der Waals surface area (Å²) >= 11 is 18.3. The Morgan fingerprint density at radius 2 is 1.55 bits per heavy atom. The van der Waals surface area contributed by atoms with Gasteiger partial charge in [-0.15, -0.1) is 10.2 Å². The van der Waals surface area contributed by atoms with Gasteiger partial charge in [0.1, 0.15) is 0 Å². The molecule has 22 heavy (non-hydrogen) atoms. The van der Waals surface area contributed by atoms with Crippen molar-refractivity contribution in [3.8, 4) is 11.5 Å². The van der Waals surface area contributed by atoms with Crippen LogP contribution in [0.25, 0.3) is 11.5 Å². The van der Waals surface area contributed by atoms with Gasteiger partial charge in [-0.05, 0) is 24.3 Å². The van der Waals surface area contributed by atoms with Crippen LogP contribution in [0.2, 0.25) is 15.1 Å². The topological polar surface area (TPSA) is 51.0 Å². The fraction of sp³-hybridized carbons (Fsp3) is 0.0667. The highest BCUT2D eigenvalue weighted by Crippen LogP contribution is 2.30. The van der Waals surface area contributed by atoms with E-state index >= 15 is 0 Å². The fourth-order valence-electron chi connectivity index (χ4n) is 1.90. The SMILES string of the molecule is Clc1ccccc1-c1nnc(CNc2c(Cl)cccc2Cl)o1. The maximum Gasteiger partial charge on any atom is 0.249 e. The first-order valence-corrected chi connectivity index (χ1v) is 7.53. The zero-order valence-electron chi connectivity index (χ0n) is 11.2. The van der Waals surface area contributed by atoms with E-state index in [4.69, 9.17) is 39.2 Å². The number of rotatable bonds is 4. The Kier molecular flexibility index (Phi) is 4.52. The zero-order chi connectivity index (χ0) is 15.5. The van der Waals surface area contributed by atoms with E-state index in [-0.39, 0.29) is 0 Å². The van der Waals surface area contributed by atoms with Crippen molar-refractivity contribution in [3.05, 3.63) is 63.4 Å². The minimum absolute atomic E-state index is 0.306. The molecule has 0 saturated heterocycles. The molecule has 7 heteroatoms. The summed E-state index contributed by atoms with van der Waals surface area (Å²) in [7, 11) is 0. The lowest BCUT2D eigenvalue weighted by molar-refractivity contribution is 0.515. The quantitative estimate of drug-likeness (QED) is 0.690. The van der Waals surface area contributed by atoms with E-state index in [9.17, 15) is 0 Å². The molecule has 0 unspecified atom stereocenters. The first kappa shape index (κ1) is 15.2. The van der Waals surface area contributed by atoms with E-state index in [1.165, 1.54) is 0 Å². The van der Waals surface area contributed by atoms with Crippen molar-refractivity contribution in [1.29, 1.82) is 0 Å². The molecule has 0 saturated carbocycles. The summed E-state index contributed by atoms with van der Waals surface area (Å²) < 4.78 is 5.60. The predicted molar refractivity (Wildman–Crippen MR) is 88.5 cm³/mol. The number of hydrogen-bond donors (Lipinski definition) is 1. The van der Waals surface area contributed by atoms with E-state index < -0.39 is 0 Å². The molecule has 0 amide bonds. The highest BCUT2D eigenvalue weighted by atomic mass is 35.5. The summed E-state index contributed by atoms with van der Waals surface area (Å²) in [6.45, 7) is 0.306. The van der Waals surface area contributed by atoms with E-state index in [1.807, 2.05) is 18.2 Å². The molecule has 112 valence electrons. The third kappa shape index (κ3) is 3.19. The van der Waals surface area contributed by atoms with Crippen molar-refractivity contribution in [1.82, 2.24) is 10.2 Å². The molecule has 0 aliphatic heterocycles. The van der Waals surface area contributed by atoms with Crippen LogP contribution in [0.5, 0.6) is 0 Å². The maximum absolute atomic E-state index is 6.10.